The summed E-state index contributed by atoms with van der Waals surface area (Å²) in [5.41, 5.74) is -1.26. The molecule has 1 unspecified atom stereocenters. The number of esters is 1. The highest BCUT2D eigenvalue weighted by atomic mass is 16.6. The Morgan fingerprint density at radius 1 is 1.07 bits per heavy atom. The summed E-state index contributed by atoms with van der Waals surface area (Å²) in [5, 5.41) is 0. The molecule has 2 aliphatic rings. The number of rotatable bonds is 3. The van der Waals surface area contributed by atoms with Crippen molar-refractivity contribution in [3.8, 4) is 0 Å². The van der Waals surface area contributed by atoms with E-state index in [9.17, 15) is 14.4 Å². The van der Waals surface area contributed by atoms with Gasteiger partial charge in [-0.3, -0.25) is 14.5 Å². The third kappa shape index (κ3) is 5.49. The van der Waals surface area contributed by atoms with E-state index < -0.39 is 29.3 Å². The molecule has 1 saturated heterocycles. The standard InChI is InChI=1S/C21H34N2O5/c1-8-15-10-9-14-11-12-22(19(26)28-21(5,6)7)17(14)18(25)23(15)13-16(24)27-20(2,3)4/h9-10,14-15,17H,8,11-13H2,1-7H3/t14-,15?,17-/m1/s1. The normalized spacial score (nSPS) is 25.4. The van der Waals surface area contributed by atoms with Gasteiger partial charge in [-0.2, -0.15) is 0 Å². The number of hydrogen-bond donors (Lipinski definition) is 0. The molecule has 0 N–H and O–H groups in total. The molecule has 3 atom stereocenters. The van der Waals surface area contributed by atoms with Crippen LogP contribution in [0.5, 0.6) is 0 Å². The maximum atomic E-state index is 13.4. The van der Waals surface area contributed by atoms with Gasteiger partial charge in [-0.25, -0.2) is 4.79 Å². The molecule has 0 aromatic carbocycles. The summed E-state index contributed by atoms with van der Waals surface area (Å²) in [6, 6.07) is -0.851. The highest BCUT2D eigenvalue weighted by molar-refractivity contribution is 5.90. The van der Waals surface area contributed by atoms with Crippen LogP contribution in [-0.2, 0) is 19.1 Å². The summed E-state index contributed by atoms with van der Waals surface area (Å²) in [6.45, 7) is 13.1. The summed E-state index contributed by atoms with van der Waals surface area (Å²) in [6.07, 6.45) is 4.87. The lowest BCUT2D eigenvalue weighted by molar-refractivity contribution is -0.160. The highest BCUT2D eigenvalue weighted by Gasteiger charge is 2.46. The van der Waals surface area contributed by atoms with E-state index in [-0.39, 0.29) is 24.4 Å². The fourth-order valence-electron chi connectivity index (χ4n) is 3.63. The molecule has 0 aromatic heterocycles. The lowest BCUT2D eigenvalue weighted by Crippen LogP contribution is -2.53. The lowest BCUT2D eigenvalue weighted by Gasteiger charge is -2.34. The van der Waals surface area contributed by atoms with Gasteiger partial charge < -0.3 is 14.4 Å². The number of nitrogens with zero attached hydrogens (tertiary/aromatic N) is 2. The zero-order valence-corrected chi connectivity index (χ0v) is 18.2. The van der Waals surface area contributed by atoms with Crippen molar-refractivity contribution in [3.05, 3.63) is 12.2 Å². The maximum Gasteiger partial charge on any atom is 0.410 e. The molecule has 7 heteroatoms. The van der Waals surface area contributed by atoms with E-state index in [0.29, 0.717) is 19.4 Å². The van der Waals surface area contributed by atoms with Gasteiger partial charge in [-0.1, -0.05) is 19.1 Å². The number of likely N-dealkylation sites (tertiary alicyclic amines) is 1. The third-order valence-corrected chi connectivity index (χ3v) is 4.73. The van der Waals surface area contributed by atoms with Gasteiger partial charge in [0.1, 0.15) is 23.8 Å². The van der Waals surface area contributed by atoms with Gasteiger partial charge >= 0.3 is 12.1 Å². The Bertz CT molecular complexity index is 640. The Balaban J connectivity index is 2.24. The second-order valence-electron chi connectivity index (χ2n) is 9.48. The van der Waals surface area contributed by atoms with E-state index in [1.807, 2.05) is 19.1 Å². The smallest absolute Gasteiger partial charge is 0.410 e. The van der Waals surface area contributed by atoms with Crippen molar-refractivity contribution in [3.63, 3.8) is 0 Å². The second kappa shape index (κ2) is 8.13. The molecule has 2 heterocycles. The van der Waals surface area contributed by atoms with Gasteiger partial charge in [0, 0.05) is 12.5 Å². The van der Waals surface area contributed by atoms with Crippen LogP contribution in [-0.4, -0.2) is 64.1 Å². The zero-order chi connectivity index (χ0) is 21.3. The van der Waals surface area contributed by atoms with E-state index in [1.165, 1.54) is 9.80 Å². The van der Waals surface area contributed by atoms with Crippen LogP contribution in [0.2, 0.25) is 0 Å². The molecule has 0 aromatic rings. The van der Waals surface area contributed by atoms with Crippen LogP contribution in [0.25, 0.3) is 0 Å². The molecule has 2 amide bonds. The average Bonchev–Trinajstić information content (AvgIpc) is 2.89. The van der Waals surface area contributed by atoms with Gasteiger partial charge in [-0.05, 0) is 54.4 Å². The van der Waals surface area contributed by atoms with E-state index in [0.717, 1.165) is 0 Å². The molecule has 0 bridgehead atoms. The Morgan fingerprint density at radius 3 is 2.21 bits per heavy atom. The fourth-order valence-corrected chi connectivity index (χ4v) is 3.63. The first-order valence-corrected chi connectivity index (χ1v) is 10.0. The molecule has 7 nitrogen and oxygen atoms in total. The Hall–Kier alpha value is -2.05. The monoisotopic (exact) mass is 394 g/mol. The molecule has 158 valence electrons. The van der Waals surface area contributed by atoms with Crippen LogP contribution in [0, 0.1) is 5.92 Å². The van der Waals surface area contributed by atoms with Gasteiger partial charge in [0.2, 0.25) is 5.91 Å². The zero-order valence-electron chi connectivity index (χ0n) is 18.2. The van der Waals surface area contributed by atoms with Crippen molar-refractivity contribution in [2.24, 2.45) is 5.92 Å². The second-order valence-corrected chi connectivity index (χ2v) is 9.48. The number of hydrogen-bond acceptors (Lipinski definition) is 5. The number of fused-ring (bicyclic) bond motifs is 1. The van der Waals surface area contributed by atoms with Crippen molar-refractivity contribution >= 4 is 18.0 Å². The molecule has 28 heavy (non-hydrogen) atoms. The quantitative estimate of drug-likeness (QED) is 0.543. The van der Waals surface area contributed by atoms with Gasteiger partial charge in [-0.15, -0.1) is 0 Å². The Morgan fingerprint density at radius 2 is 1.68 bits per heavy atom. The van der Waals surface area contributed by atoms with E-state index in [2.05, 4.69) is 0 Å². The van der Waals surface area contributed by atoms with Crippen LogP contribution in [0.1, 0.15) is 61.3 Å². The average molecular weight is 395 g/mol. The summed E-state index contributed by atoms with van der Waals surface area (Å²) in [5.74, 6) is -0.748. The van der Waals surface area contributed by atoms with Crippen LogP contribution in [0.15, 0.2) is 12.2 Å². The first-order valence-electron chi connectivity index (χ1n) is 10.0. The number of amides is 2. The number of carbonyl (C=O) groups excluding carboxylic acids is 3. The van der Waals surface area contributed by atoms with Crippen molar-refractivity contribution in [2.75, 3.05) is 13.1 Å². The molecule has 2 aliphatic heterocycles. The van der Waals surface area contributed by atoms with Crippen LogP contribution in [0.4, 0.5) is 4.79 Å². The minimum absolute atomic E-state index is 0.0716. The highest BCUT2D eigenvalue weighted by Crippen LogP contribution is 2.32. The van der Waals surface area contributed by atoms with E-state index in [1.54, 1.807) is 41.5 Å². The van der Waals surface area contributed by atoms with Crippen molar-refractivity contribution < 1.29 is 23.9 Å². The maximum absolute atomic E-state index is 13.4. The summed E-state index contributed by atoms with van der Waals surface area (Å²) >= 11 is 0. The molecule has 2 rings (SSSR count). The molecule has 1 fully saturated rings. The first kappa shape index (κ1) is 22.2. The largest absolute Gasteiger partial charge is 0.459 e. The molecule has 0 spiro atoms. The summed E-state index contributed by atoms with van der Waals surface area (Å²) in [4.78, 5) is 41.5. The fraction of sp³-hybridized carbons (Fsp3) is 0.762. The minimum atomic E-state index is -0.648. The number of carbonyl (C=O) groups is 3. The van der Waals surface area contributed by atoms with E-state index >= 15 is 0 Å². The Labute approximate surface area is 168 Å². The topological polar surface area (TPSA) is 76.2 Å². The predicted molar refractivity (Wildman–Crippen MR) is 106 cm³/mol. The van der Waals surface area contributed by atoms with Crippen molar-refractivity contribution in [1.82, 2.24) is 9.80 Å². The predicted octanol–water partition coefficient (Wildman–Crippen LogP) is 3.13. The lowest BCUT2D eigenvalue weighted by atomic mass is 10.00. The molecule has 0 aliphatic carbocycles. The van der Waals surface area contributed by atoms with Crippen molar-refractivity contribution in [1.29, 1.82) is 0 Å². The first-order chi connectivity index (χ1) is 12.8. The van der Waals surface area contributed by atoms with Gasteiger partial charge in [0.15, 0.2) is 0 Å². The third-order valence-electron chi connectivity index (χ3n) is 4.73. The minimum Gasteiger partial charge on any atom is -0.459 e. The van der Waals surface area contributed by atoms with Gasteiger partial charge in [0.25, 0.3) is 0 Å². The molecular formula is C21H34N2O5. The molecule has 0 radical (unpaired) electrons. The number of ether oxygens (including phenoxy) is 2. The van der Waals surface area contributed by atoms with Crippen molar-refractivity contribution in [2.45, 2.75) is 84.6 Å². The van der Waals surface area contributed by atoms with Crippen LogP contribution < -0.4 is 0 Å². The summed E-state index contributed by atoms with van der Waals surface area (Å²) in [7, 11) is 0. The van der Waals surface area contributed by atoms with Crippen LogP contribution in [0.3, 0.4) is 0 Å². The SMILES string of the molecule is CCC1C=C[C@@H]2CCN(C(=O)OC(C)(C)C)[C@H]2C(=O)N1CC(=O)OC(C)(C)C. The summed E-state index contributed by atoms with van der Waals surface area (Å²) < 4.78 is 10.9. The molecular weight excluding hydrogens is 360 g/mol. The van der Waals surface area contributed by atoms with Gasteiger partial charge in [0.05, 0.1) is 6.04 Å². The van der Waals surface area contributed by atoms with Crippen LogP contribution >= 0.6 is 0 Å². The Kier molecular flexibility index (Phi) is 6.46. The van der Waals surface area contributed by atoms with E-state index in [4.69, 9.17) is 9.47 Å². The molecule has 0 saturated carbocycles.